The standard InChI is InChI=1S/C20H22O6/c1-3-23-19(25-17(21)15-11-7-5-8-12-15)20(24-4-2)26-18(22)16-13-9-6-10-14-16/h5-14,19-20H,3-4H2,1-2H3/t19-,20-/m0/s1. The molecule has 0 spiro atoms. The Morgan fingerprint density at radius 1 is 0.692 bits per heavy atom. The Bertz CT molecular complexity index is 624. The van der Waals surface area contributed by atoms with E-state index in [0.29, 0.717) is 11.1 Å². The lowest BCUT2D eigenvalue weighted by molar-refractivity contribution is -0.247. The monoisotopic (exact) mass is 358 g/mol. The summed E-state index contributed by atoms with van der Waals surface area (Å²) in [6, 6.07) is 17.0. The van der Waals surface area contributed by atoms with Crippen molar-refractivity contribution in [2.45, 2.75) is 26.4 Å². The van der Waals surface area contributed by atoms with Crippen LogP contribution < -0.4 is 0 Å². The van der Waals surface area contributed by atoms with Crippen molar-refractivity contribution in [3.63, 3.8) is 0 Å². The summed E-state index contributed by atoms with van der Waals surface area (Å²) < 4.78 is 21.6. The lowest BCUT2D eigenvalue weighted by Gasteiger charge is -2.26. The largest absolute Gasteiger partial charge is 0.425 e. The van der Waals surface area contributed by atoms with Crippen LogP contribution in [0.4, 0.5) is 0 Å². The molecule has 2 atom stereocenters. The van der Waals surface area contributed by atoms with Crippen LogP contribution >= 0.6 is 0 Å². The van der Waals surface area contributed by atoms with E-state index in [1.54, 1.807) is 74.5 Å². The van der Waals surface area contributed by atoms with Gasteiger partial charge in [-0.25, -0.2) is 9.59 Å². The SMILES string of the molecule is CCO[C@@H](OC(=O)c1ccccc1)[C@@H](OCC)OC(=O)c1ccccc1. The molecule has 0 aliphatic carbocycles. The molecule has 0 aromatic heterocycles. The molecule has 0 heterocycles. The van der Waals surface area contributed by atoms with Gasteiger partial charge in [-0.1, -0.05) is 36.4 Å². The van der Waals surface area contributed by atoms with Crippen LogP contribution in [0.5, 0.6) is 0 Å². The van der Waals surface area contributed by atoms with E-state index in [0.717, 1.165) is 0 Å². The second-order valence-corrected chi connectivity index (χ2v) is 5.19. The highest BCUT2D eigenvalue weighted by atomic mass is 16.8. The molecule has 26 heavy (non-hydrogen) atoms. The van der Waals surface area contributed by atoms with Gasteiger partial charge < -0.3 is 18.9 Å². The molecular weight excluding hydrogens is 336 g/mol. The minimum Gasteiger partial charge on any atom is -0.425 e. The van der Waals surface area contributed by atoms with E-state index < -0.39 is 24.5 Å². The highest BCUT2D eigenvalue weighted by Crippen LogP contribution is 2.14. The van der Waals surface area contributed by atoms with Crippen LogP contribution in [0.15, 0.2) is 60.7 Å². The molecule has 0 N–H and O–H groups in total. The molecule has 6 nitrogen and oxygen atoms in total. The molecule has 6 heteroatoms. The van der Waals surface area contributed by atoms with Crippen LogP contribution in [0.25, 0.3) is 0 Å². The number of hydrogen-bond donors (Lipinski definition) is 0. The molecule has 0 saturated heterocycles. The Morgan fingerprint density at radius 2 is 1.04 bits per heavy atom. The van der Waals surface area contributed by atoms with Crippen molar-refractivity contribution in [1.29, 1.82) is 0 Å². The Morgan fingerprint density at radius 3 is 1.35 bits per heavy atom. The van der Waals surface area contributed by atoms with Gasteiger partial charge in [-0.3, -0.25) is 0 Å². The van der Waals surface area contributed by atoms with E-state index in [4.69, 9.17) is 18.9 Å². The van der Waals surface area contributed by atoms with Crippen LogP contribution in [-0.4, -0.2) is 37.7 Å². The third-order valence-corrected chi connectivity index (χ3v) is 3.35. The summed E-state index contributed by atoms with van der Waals surface area (Å²) in [6.45, 7) is 3.98. The Labute approximate surface area is 152 Å². The van der Waals surface area contributed by atoms with Gasteiger partial charge in [0.25, 0.3) is 12.6 Å². The quantitative estimate of drug-likeness (QED) is 0.505. The van der Waals surface area contributed by atoms with E-state index in [1.807, 2.05) is 0 Å². The Kier molecular flexibility index (Phi) is 7.79. The summed E-state index contributed by atoms with van der Waals surface area (Å²) >= 11 is 0. The van der Waals surface area contributed by atoms with Crippen molar-refractivity contribution in [2.24, 2.45) is 0 Å². The highest BCUT2D eigenvalue weighted by molar-refractivity contribution is 5.90. The van der Waals surface area contributed by atoms with Gasteiger partial charge in [-0.15, -0.1) is 0 Å². The molecule has 2 aromatic rings. The fraction of sp³-hybridized carbons (Fsp3) is 0.300. The lowest BCUT2D eigenvalue weighted by Crippen LogP contribution is -2.39. The van der Waals surface area contributed by atoms with Crippen molar-refractivity contribution < 1.29 is 28.5 Å². The predicted octanol–water partition coefficient (Wildman–Crippen LogP) is 3.43. The number of esters is 2. The van der Waals surface area contributed by atoms with E-state index in [1.165, 1.54) is 0 Å². The third-order valence-electron chi connectivity index (χ3n) is 3.35. The van der Waals surface area contributed by atoms with Crippen molar-refractivity contribution in [3.05, 3.63) is 71.8 Å². The second-order valence-electron chi connectivity index (χ2n) is 5.19. The van der Waals surface area contributed by atoms with Crippen molar-refractivity contribution in [2.75, 3.05) is 13.2 Å². The summed E-state index contributed by atoms with van der Waals surface area (Å²) in [4.78, 5) is 24.6. The summed E-state index contributed by atoms with van der Waals surface area (Å²) in [6.07, 6.45) is -2.36. The molecule has 0 bridgehead atoms. The first-order valence-electron chi connectivity index (χ1n) is 8.41. The first kappa shape index (κ1) is 19.6. The molecular formula is C20H22O6. The molecule has 0 aliphatic heterocycles. The van der Waals surface area contributed by atoms with Crippen LogP contribution in [0.2, 0.25) is 0 Å². The van der Waals surface area contributed by atoms with E-state index in [2.05, 4.69) is 0 Å². The van der Waals surface area contributed by atoms with E-state index in [-0.39, 0.29) is 13.2 Å². The molecule has 2 rings (SSSR count). The third kappa shape index (κ3) is 5.68. The summed E-state index contributed by atoms with van der Waals surface area (Å²) in [5, 5.41) is 0. The molecule has 0 saturated carbocycles. The fourth-order valence-electron chi connectivity index (χ4n) is 2.16. The average molecular weight is 358 g/mol. The summed E-state index contributed by atoms with van der Waals surface area (Å²) in [7, 11) is 0. The fourth-order valence-corrected chi connectivity index (χ4v) is 2.16. The molecule has 138 valence electrons. The minimum atomic E-state index is -1.18. The number of carbonyl (C=O) groups excluding carboxylic acids is 2. The minimum absolute atomic E-state index is 0.249. The summed E-state index contributed by atoms with van der Waals surface area (Å²) in [5.74, 6) is -1.19. The van der Waals surface area contributed by atoms with Crippen molar-refractivity contribution in [1.82, 2.24) is 0 Å². The van der Waals surface area contributed by atoms with Crippen LogP contribution in [0.3, 0.4) is 0 Å². The molecule has 2 aromatic carbocycles. The van der Waals surface area contributed by atoms with Gasteiger partial charge in [0.05, 0.1) is 11.1 Å². The molecule has 0 unspecified atom stereocenters. The van der Waals surface area contributed by atoms with Gasteiger partial charge in [-0.2, -0.15) is 0 Å². The molecule has 0 amide bonds. The zero-order valence-corrected chi connectivity index (χ0v) is 14.8. The normalized spacial score (nSPS) is 12.8. The number of ether oxygens (including phenoxy) is 4. The Balaban J connectivity index is 2.11. The molecule has 0 fully saturated rings. The van der Waals surface area contributed by atoms with Crippen LogP contribution in [0.1, 0.15) is 34.6 Å². The second kappa shape index (κ2) is 10.3. The van der Waals surface area contributed by atoms with Gasteiger partial charge >= 0.3 is 11.9 Å². The zero-order chi connectivity index (χ0) is 18.8. The van der Waals surface area contributed by atoms with E-state index in [9.17, 15) is 9.59 Å². The molecule has 0 radical (unpaired) electrons. The topological polar surface area (TPSA) is 71.1 Å². The maximum Gasteiger partial charge on any atom is 0.340 e. The van der Waals surface area contributed by atoms with Gasteiger partial charge in [0, 0.05) is 13.2 Å². The number of rotatable bonds is 9. The van der Waals surface area contributed by atoms with Gasteiger partial charge in [-0.05, 0) is 38.1 Å². The number of carbonyl (C=O) groups is 2. The molecule has 0 aliphatic rings. The number of hydrogen-bond acceptors (Lipinski definition) is 6. The average Bonchev–Trinajstić information content (AvgIpc) is 2.68. The van der Waals surface area contributed by atoms with Crippen LogP contribution in [0, 0.1) is 0 Å². The van der Waals surface area contributed by atoms with Crippen molar-refractivity contribution >= 4 is 11.9 Å². The smallest absolute Gasteiger partial charge is 0.340 e. The highest BCUT2D eigenvalue weighted by Gasteiger charge is 2.31. The van der Waals surface area contributed by atoms with Crippen LogP contribution in [-0.2, 0) is 18.9 Å². The van der Waals surface area contributed by atoms with Gasteiger partial charge in [0.1, 0.15) is 0 Å². The van der Waals surface area contributed by atoms with E-state index >= 15 is 0 Å². The van der Waals surface area contributed by atoms with Gasteiger partial charge in [0.15, 0.2) is 0 Å². The number of benzene rings is 2. The Hall–Kier alpha value is -2.70. The zero-order valence-electron chi connectivity index (χ0n) is 14.8. The predicted molar refractivity (Wildman–Crippen MR) is 94.5 cm³/mol. The first-order valence-corrected chi connectivity index (χ1v) is 8.41. The maximum atomic E-state index is 12.3. The van der Waals surface area contributed by atoms with Crippen molar-refractivity contribution in [3.8, 4) is 0 Å². The first-order chi connectivity index (χ1) is 12.7. The van der Waals surface area contributed by atoms with Gasteiger partial charge in [0.2, 0.25) is 0 Å². The lowest BCUT2D eigenvalue weighted by atomic mass is 10.2. The maximum absolute atomic E-state index is 12.3. The summed E-state index contributed by atoms with van der Waals surface area (Å²) in [5.41, 5.74) is 0.726.